The predicted octanol–water partition coefficient (Wildman–Crippen LogP) is 6.99. The monoisotopic (exact) mass is 1660 g/mol. The van der Waals surface area contributed by atoms with Crippen LogP contribution in [0.2, 0.25) is 0 Å². The second-order valence-corrected chi connectivity index (χ2v) is 32.2. The Bertz CT molecular complexity index is 4250. The van der Waals surface area contributed by atoms with Crippen molar-refractivity contribution in [2.45, 2.75) is 118 Å². The van der Waals surface area contributed by atoms with E-state index in [1.807, 2.05) is 12.1 Å². The number of carboxylic acid groups (broad SMARTS) is 5. The van der Waals surface area contributed by atoms with E-state index in [0.29, 0.717) is 84.0 Å². The van der Waals surface area contributed by atoms with Crippen LogP contribution in [-0.4, -0.2) is 238 Å². The van der Waals surface area contributed by atoms with Gasteiger partial charge in [0.1, 0.15) is 59.1 Å². The molecule has 0 bridgehead atoms. The summed E-state index contributed by atoms with van der Waals surface area (Å²) in [6.07, 6.45) is 21.0. The first kappa shape index (κ1) is 90.4. The summed E-state index contributed by atoms with van der Waals surface area (Å²) in [5.74, 6) is -6.25. The summed E-state index contributed by atoms with van der Waals surface area (Å²) in [6, 6.07) is 7.20. The number of carbonyl (C=O) groups excluding carboxylic acids is 5. The van der Waals surface area contributed by atoms with Crippen molar-refractivity contribution in [3.63, 3.8) is 0 Å². The second-order valence-electron chi connectivity index (χ2n) is 26.0. The molecule has 602 valence electrons. The van der Waals surface area contributed by atoms with Crippen LogP contribution in [0.15, 0.2) is 143 Å². The molecule has 34 heteroatoms. The molecular weight excluding hydrogens is 1570 g/mol. The third-order valence-corrected chi connectivity index (χ3v) is 25.1. The van der Waals surface area contributed by atoms with Gasteiger partial charge in [-0.15, -0.1) is 11.8 Å². The zero-order chi connectivity index (χ0) is 79.1. The molecule has 112 heavy (non-hydrogen) atoms. The third kappa shape index (κ3) is 25.9. The molecule has 2 fully saturated rings. The minimum Gasteiger partial charge on any atom is -0.508 e. The minimum atomic E-state index is -1.21. The van der Waals surface area contributed by atoms with E-state index in [0.717, 1.165) is 42.4 Å². The van der Waals surface area contributed by atoms with Crippen molar-refractivity contribution in [1.82, 2.24) is 10.6 Å². The maximum absolute atomic E-state index is 12.8. The molecule has 0 aromatic heterocycles. The fraction of sp³-hybridized carbons (Fsp3) is 0.423. The lowest BCUT2D eigenvalue weighted by atomic mass is 9.78. The number of aliphatic hydroxyl groups is 2. The van der Waals surface area contributed by atoms with Crippen LogP contribution in [0.1, 0.15) is 86.0 Å². The highest BCUT2D eigenvalue weighted by Gasteiger charge is 2.41. The number of ketones is 2. The molecular formula is C78H91N4O24S6+. The van der Waals surface area contributed by atoms with E-state index >= 15 is 0 Å². The van der Waals surface area contributed by atoms with Gasteiger partial charge in [-0.25, -0.2) is 19.2 Å². The molecule has 10 rings (SSSR count). The number of nitrogens with one attached hydrogen (secondary N) is 2. The lowest BCUT2D eigenvalue weighted by molar-refractivity contribution is -0.147. The number of nitrogens with two attached hydrogens (primary N) is 2. The fourth-order valence-electron chi connectivity index (χ4n) is 12.3. The van der Waals surface area contributed by atoms with Gasteiger partial charge in [-0.2, -0.15) is 35.3 Å². The molecule has 2 aliphatic heterocycles. The summed E-state index contributed by atoms with van der Waals surface area (Å²) < 4.78 is 40.1. The third-order valence-electron chi connectivity index (χ3n) is 18.2. The largest absolute Gasteiger partial charge is 0.508 e. The highest BCUT2D eigenvalue weighted by molar-refractivity contribution is 8.04. The molecule has 28 nitrogen and oxygen atoms in total. The number of thioether (sulfide) groups is 4. The molecule has 8 aliphatic rings. The molecule has 2 aromatic carbocycles. The number of aromatic carboxylic acids is 1. The Morgan fingerprint density at radius 3 is 1.46 bits per heavy atom. The second kappa shape index (κ2) is 44.0. The molecule has 0 spiro atoms. The van der Waals surface area contributed by atoms with Gasteiger partial charge in [-0.1, -0.05) is 87.9 Å². The number of aliphatic hydroxyl groups excluding tert-OH is 2. The number of hydrogen-bond acceptors (Lipinski definition) is 26. The topological polar surface area (TPSA) is 453 Å². The Hall–Kier alpha value is -8.81. The predicted molar refractivity (Wildman–Crippen MR) is 433 cm³/mol. The molecule has 13 N–H and O–H groups in total. The van der Waals surface area contributed by atoms with Gasteiger partial charge in [-0.05, 0) is 90.0 Å². The summed E-state index contributed by atoms with van der Waals surface area (Å²) >= 11 is 16.9. The Kier molecular flexibility index (Phi) is 35.5. The fourth-order valence-corrected chi connectivity index (χ4v) is 18.8. The van der Waals surface area contributed by atoms with E-state index in [4.69, 9.17) is 78.9 Å². The van der Waals surface area contributed by atoms with Crippen LogP contribution in [0.3, 0.4) is 0 Å². The molecule has 0 radical (unpaired) electrons. The number of allylic oxidation sites excluding steroid dienone is 8. The number of thiocarbonyl (C=S) groups is 2. The van der Waals surface area contributed by atoms with Crippen LogP contribution in [0, 0.1) is 11.8 Å². The van der Waals surface area contributed by atoms with Gasteiger partial charge >= 0.3 is 29.8 Å². The van der Waals surface area contributed by atoms with Gasteiger partial charge in [0.25, 0.3) is 12.2 Å². The van der Waals surface area contributed by atoms with Crippen LogP contribution in [0.5, 0.6) is 5.75 Å². The van der Waals surface area contributed by atoms with Crippen LogP contribution >= 0.6 is 71.5 Å². The number of aliphatic carboxylic acids is 4. The number of ether oxygens (including phenoxy) is 7. The lowest BCUT2D eigenvalue weighted by Crippen LogP contribution is -2.47. The van der Waals surface area contributed by atoms with Gasteiger partial charge in [-0.3, -0.25) is 34.2 Å². The van der Waals surface area contributed by atoms with Crippen molar-refractivity contribution in [3.05, 3.63) is 171 Å². The molecule has 0 saturated heterocycles. The van der Waals surface area contributed by atoms with E-state index in [-0.39, 0.29) is 149 Å². The summed E-state index contributed by atoms with van der Waals surface area (Å²) in [7, 11) is 0. The first-order valence-corrected chi connectivity index (χ1v) is 39.9. The first-order chi connectivity index (χ1) is 52.7. The maximum atomic E-state index is 12.8. The lowest BCUT2D eigenvalue weighted by Gasteiger charge is -2.36. The molecule has 11 unspecified atom stereocenters. The number of benzene rings is 2. The molecule has 2 heterocycles. The smallest absolute Gasteiger partial charge is 0.396 e. The normalized spacial score (nSPS) is 21.5. The minimum absolute atomic E-state index is 0. The van der Waals surface area contributed by atoms with Gasteiger partial charge < -0.3 is 85.3 Å². The number of carbonyl (C=O) groups is 10. The zero-order valence-corrected chi connectivity index (χ0v) is 64.0. The molecule has 11 atom stereocenters. The molecule has 2 aromatic rings. The summed E-state index contributed by atoms with van der Waals surface area (Å²) in [6.45, 7) is 1.04. The quantitative estimate of drug-likeness (QED) is 0.0138. The average molecular weight is 1660 g/mol. The Morgan fingerprint density at radius 1 is 0.580 bits per heavy atom. The standard InChI is InChI=1S/C66H66N2O20S4.C10H16N2O4S2.2CH4/c69-35-86-53-26-37(2-8-45(53)63-48-11-5-40(72)29-56(48)88-57-30-41(73)6-12-49(57)63)24-43(90)32-85-22-20-83-18-16-61(75)68-52(66(80)81)34-92-59-14-13-58(59)91-33-51(65(78)79)67-60(74)15-17-82-19-21-84-31-42(89)23-36-1-7-44(50(25-36)64(76)77)62-46-9-3-38(70)27-54(46)87-55-28-39(71)4-10-47(55)62;11-5(9(13)14)3-17-7-1-2-8(7)18-4-6(12)10(15)16;;/h1-12,25-30,35,46,48,51-52,55,57-59,71,73H,13-24,31-34H2,(H,67,74)(H,68,75)(H,76,77)(H,78,79)(H,80,81);5,7-8,12H,1-4,11H2,(H,13,14)(H,15,16);2*1H4/p+1. The van der Waals surface area contributed by atoms with Crippen molar-refractivity contribution in [2.24, 2.45) is 17.6 Å². The highest BCUT2D eigenvalue weighted by Crippen LogP contribution is 2.48. The summed E-state index contributed by atoms with van der Waals surface area (Å²) in [5, 5.41) is 78.9. The van der Waals surface area contributed by atoms with E-state index in [1.54, 1.807) is 60.3 Å². The van der Waals surface area contributed by atoms with E-state index in [9.17, 15) is 73.5 Å². The summed E-state index contributed by atoms with van der Waals surface area (Å²) in [5.41, 5.74) is 10.6. The number of amides is 2. The Labute approximate surface area is 674 Å². The van der Waals surface area contributed by atoms with Crippen LogP contribution in [-0.2, 0) is 84.4 Å². The van der Waals surface area contributed by atoms with Crippen LogP contribution in [0.25, 0.3) is 11.1 Å². The first-order valence-electron chi connectivity index (χ1n) is 34.9. The number of rotatable bonds is 43. The number of carboxylic acids is 5. The van der Waals surface area contributed by atoms with Gasteiger partial charge in [0.05, 0.1) is 76.0 Å². The van der Waals surface area contributed by atoms with Gasteiger partial charge in [0.15, 0.2) is 11.6 Å². The number of fused-ring (bicyclic) bond motifs is 4. The van der Waals surface area contributed by atoms with Crippen molar-refractivity contribution in [1.29, 1.82) is 0 Å². The molecule has 2 amide bonds. The van der Waals surface area contributed by atoms with Crippen LogP contribution < -0.4 is 26.5 Å². The zero-order valence-electron chi connectivity index (χ0n) is 59.1. The Morgan fingerprint density at radius 2 is 1.02 bits per heavy atom. The van der Waals surface area contributed by atoms with Gasteiger partial charge in [0.2, 0.25) is 11.8 Å². The van der Waals surface area contributed by atoms with E-state index < -0.39 is 83.8 Å². The van der Waals surface area contributed by atoms with E-state index in [1.165, 1.54) is 83.9 Å². The number of hydrogen-bond donors (Lipinski definition) is 11. The average Bonchev–Trinajstić information content (AvgIpc) is 0.754. The van der Waals surface area contributed by atoms with Gasteiger partial charge in [0, 0.05) is 115 Å². The molecule has 2 saturated carbocycles. The van der Waals surface area contributed by atoms with Crippen molar-refractivity contribution < 1.29 is 122 Å². The van der Waals surface area contributed by atoms with Crippen molar-refractivity contribution >= 4 is 158 Å². The molecule has 6 aliphatic carbocycles. The van der Waals surface area contributed by atoms with E-state index in [2.05, 4.69) is 10.6 Å². The SMILES string of the molecule is C.C.NC(CSC1CCC1SCC(=[NH2+])C(=O)O)C(=O)O.O=COc1cc(CC(=S)COCCOCCC(=O)NC(CSC2CCC2SCC(NC(=O)CCOCCOCC(=S)Cc2ccc(C3=C4C=CC(O)=CC4OC4=CC(=O)C=CC43)c(C(=O)O)c2)C(=O)O)C(=O)O)ccc1C1=C2C=CC(O)=CC2OC2=CC(=O)C=CC21. The van der Waals surface area contributed by atoms with Crippen LogP contribution in [0.4, 0.5) is 0 Å². The maximum Gasteiger partial charge on any atom is 0.396 e. The Balaban J connectivity index is 0.000000766. The van der Waals surface area contributed by atoms with Crippen molar-refractivity contribution in [3.8, 4) is 5.75 Å². The van der Waals surface area contributed by atoms with Crippen molar-refractivity contribution in [2.75, 3.05) is 75.9 Å². The highest BCUT2D eigenvalue weighted by atomic mass is 32.2. The summed E-state index contributed by atoms with van der Waals surface area (Å²) in [4.78, 5) is 121.